The third kappa shape index (κ3) is 3.21. The van der Waals surface area contributed by atoms with E-state index in [-0.39, 0.29) is 12.0 Å². The van der Waals surface area contributed by atoms with E-state index in [9.17, 15) is 9.50 Å². The largest absolute Gasteiger partial charge is 0.396 e. The summed E-state index contributed by atoms with van der Waals surface area (Å²) in [5.74, 6) is -0.390. The molecule has 0 aliphatic heterocycles. The van der Waals surface area contributed by atoms with E-state index in [1.54, 1.807) is 13.0 Å². The maximum Gasteiger partial charge on any atom is 0.129 e. The van der Waals surface area contributed by atoms with Gasteiger partial charge in [-0.15, -0.1) is 0 Å². The van der Waals surface area contributed by atoms with Gasteiger partial charge in [-0.3, -0.25) is 0 Å². The van der Waals surface area contributed by atoms with Crippen LogP contribution >= 0.6 is 0 Å². The SMILES string of the molecule is CCC(C)(CO)CNc1cc(C#N)cc(F)c1C. The minimum Gasteiger partial charge on any atom is -0.396 e. The Morgan fingerprint density at radius 3 is 2.67 bits per heavy atom. The van der Waals surface area contributed by atoms with Gasteiger partial charge in [0.15, 0.2) is 0 Å². The van der Waals surface area contributed by atoms with Crippen molar-refractivity contribution in [3.05, 3.63) is 29.1 Å². The molecule has 1 aromatic carbocycles. The quantitative estimate of drug-likeness (QED) is 0.844. The summed E-state index contributed by atoms with van der Waals surface area (Å²) in [6, 6.07) is 4.79. The molecular formula is C14H19FN2O. The van der Waals surface area contributed by atoms with Crippen molar-refractivity contribution in [3.63, 3.8) is 0 Å². The minimum absolute atomic E-state index is 0.0654. The van der Waals surface area contributed by atoms with Crippen molar-refractivity contribution in [1.29, 1.82) is 5.26 Å². The van der Waals surface area contributed by atoms with Crippen LogP contribution < -0.4 is 5.32 Å². The first-order valence-corrected chi connectivity index (χ1v) is 6.00. The summed E-state index contributed by atoms with van der Waals surface area (Å²) in [5.41, 5.74) is 1.15. The van der Waals surface area contributed by atoms with Crippen LogP contribution in [-0.2, 0) is 0 Å². The number of rotatable bonds is 5. The Bertz CT molecular complexity index is 462. The fraction of sp³-hybridized carbons (Fsp3) is 0.500. The molecule has 2 N–H and O–H groups in total. The molecule has 0 fully saturated rings. The van der Waals surface area contributed by atoms with Gasteiger partial charge in [-0.05, 0) is 25.5 Å². The van der Waals surface area contributed by atoms with Crippen molar-refractivity contribution in [3.8, 4) is 6.07 Å². The van der Waals surface area contributed by atoms with E-state index in [4.69, 9.17) is 5.26 Å². The number of anilines is 1. The van der Waals surface area contributed by atoms with Crippen LogP contribution in [0.25, 0.3) is 0 Å². The number of aliphatic hydroxyl groups excluding tert-OH is 1. The summed E-state index contributed by atoms with van der Waals surface area (Å²) in [5, 5.41) is 21.3. The van der Waals surface area contributed by atoms with E-state index in [1.807, 2.05) is 19.9 Å². The van der Waals surface area contributed by atoms with E-state index in [0.717, 1.165) is 6.42 Å². The molecule has 1 aromatic rings. The van der Waals surface area contributed by atoms with Gasteiger partial charge in [-0.25, -0.2) is 4.39 Å². The lowest BCUT2D eigenvalue weighted by atomic mass is 9.88. The van der Waals surface area contributed by atoms with Crippen molar-refractivity contribution < 1.29 is 9.50 Å². The molecule has 0 saturated carbocycles. The third-order valence-electron chi connectivity index (χ3n) is 3.41. The van der Waals surface area contributed by atoms with Gasteiger partial charge >= 0.3 is 0 Å². The van der Waals surface area contributed by atoms with Crippen LogP contribution in [0.4, 0.5) is 10.1 Å². The normalized spacial score (nSPS) is 13.8. The Kier molecular flexibility index (Phi) is 4.69. The Hall–Kier alpha value is -1.60. The van der Waals surface area contributed by atoms with Crippen LogP contribution in [-0.4, -0.2) is 18.3 Å². The van der Waals surface area contributed by atoms with Gasteiger partial charge in [0.1, 0.15) is 5.82 Å². The highest BCUT2D eigenvalue weighted by atomic mass is 19.1. The Labute approximate surface area is 107 Å². The lowest BCUT2D eigenvalue weighted by molar-refractivity contribution is 0.149. The Morgan fingerprint density at radius 1 is 1.50 bits per heavy atom. The van der Waals surface area contributed by atoms with E-state index in [0.29, 0.717) is 23.4 Å². The second-order valence-corrected chi connectivity index (χ2v) is 4.92. The van der Waals surface area contributed by atoms with Crippen LogP contribution in [0, 0.1) is 29.5 Å². The molecule has 18 heavy (non-hydrogen) atoms. The average Bonchev–Trinajstić information content (AvgIpc) is 2.39. The number of hydrogen-bond donors (Lipinski definition) is 2. The molecule has 0 radical (unpaired) electrons. The first-order valence-electron chi connectivity index (χ1n) is 6.00. The number of benzene rings is 1. The summed E-state index contributed by atoms with van der Waals surface area (Å²) >= 11 is 0. The number of halogens is 1. The first-order chi connectivity index (χ1) is 8.45. The summed E-state index contributed by atoms with van der Waals surface area (Å²) in [6.45, 7) is 6.23. The summed E-state index contributed by atoms with van der Waals surface area (Å²) in [6.07, 6.45) is 0.815. The van der Waals surface area contributed by atoms with E-state index in [1.165, 1.54) is 6.07 Å². The van der Waals surface area contributed by atoms with E-state index < -0.39 is 5.82 Å². The Balaban J connectivity index is 2.92. The molecule has 0 heterocycles. The molecule has 1 unspecified atom stereocenters. The standard InChI is InChI=1S/C14H19FN2O/c1-4-14(3,9-18)8-17-13-6-11(7-16)5-12(15)10(13)2/h5-6,17-18H,4,8-9H2,1-3H3. The molecule has 0 spiro atoms. The van der Waals surface area contributed by atoms with Crippen molar-refractivity contribution in [2.75, 3.05) is 18.5 Å². The molecule has 4 heteroatoms. The summed E-state index contributed by atoms with van der Waals surface area (Å²) in [4.78, 5) is 0. The smallest absolute Gasteiger partial charge is 0.129 e. The predicted molar refractivity (Wildman–Crippen MR) is 69.8 cm³/mol. The van der Waals surface area contributed by atoms with Crippen LogP contribution in [0.15, 0.2) is 12.1 Å². The minimum atomic E-state index is -0.390. The van der Waals surface area contributed by atoms with Crippen molar-refractivity contribution in [2.24, 2.45) is 5.41 Å². The lowest BCUT2D eigenvalue weighted by Gasteiger charge is -2.27. The average molecular weight is 250 g/mol. The molecule has 0 aromatic heterocycles. The molecule has 0 aliphatic rings. The number of nitriles is 1. The molecular weight excluding hydrogens is 231 g/mol. The molecule has 3 nitrogen and oxygen atoms in total. The number of hydrogen-bond acceptors (Lipinski definition) is 3. The van der Waals surface area contributed by atoms with Crippen LogP contribution in [0.2, 0.25) is 0 Å². The second kappa shape index (κ2) is 5.83. The number of nitrogens with one attached hydrogen (secondary N) is 1. The predicted octanol–water partition coefficient (Wildman–Crippen LogP) is 2.83. The molecule has 0 bridgehead atoms. The Morgan fingerprint density at radius 2 is 2.17 bits per heavy atom. The topological polar surface area (TPSA) is 56.0 Å². The molecule has 0 amide bonds. The van der Waals surface area contributed by atoms with Gasteiger partial charge in [-0.1, -0.05) is 13.8 Å². The van der Waals surface area contributed by atoms with Crippen molar-refractivity contribution >= 4 is 5.69 Å². The van der Waals surface area contributed by atoms with Gasteiger partial charge < -0.3 is 10.4 Å². The van der Waals surface area contributed by atoms with Gasteiger partial charge in [0, 0.05) is 23.2 Å². The highest BCUT2D eigenvalue weighted by molar-refractivity contribution is 5.55. The highest BCUT2D eigenvalue weighted by Crippen LogP contribution is 2.24. The van der Waals surface area contributed by atoms with Gasteiger partial charge in [-0.2, -0.15) is 5.26 Å². The van der Waals surface area contributed by atoms with Crippen LogP contribution in [0.3, 0.4) is 0 Å². The maximum atomic E-state index is 13.6. The second-order valence-electron chi connectivity index (χ2n) is 4.92. The van der Waals surface area contributed by atoms with Gasteiger partial charge in [0.2, 0.25) is 0 Å². The number of nitrogens with zero attached hydrogens (tertiary/aromatic N) is 1. The zero-order valence-electron chi connectivity index (χ0n) is 11.0. The van der Waals surface area contributed by atoms with Crippen molar-refractivity contribution in [2.45, 2.75) is 27.2 Å². The lowest BCUT2D eigenvalue weighted by Crippen LogP contribution is -2.29. The van der Waals surface area contributed by atoms with Crippen LogP contribution in [0.1, 0.15) is 31.4 Å². The summed E-state index contributed by atoms with van der Waals surface area (Å²) < 4.78 is 13.6. The van der Waals surface area contributed by atoms with Gasteiger partial charge in [0.05, 0.1) is 18.2 Å². The number of aliphatic hydroxyl groups is 1. The maximum absolute atomic E-state index is 13.6. The monoisotopic (exact) mass is 250 g/mol. The zero-order valence-corrected chi connectivity index (χ0v) is 11.0. The summed E-state index contributed by atoms with van der Waals surface area (Å²) in [7, 11) is 0. The van der Waals surface area contributed by atoms with Crippen molar-refractivity contribution in [1.82, 2.24) is 0 Å². The molecule has 98 valence electrons. The highest BCUT2D eigenvalue weighted by Gasteiger charge is 2.21. The molecule has 0 aliphatic carbocycles. The van der Waals surface area contributed by atoms with E-state index >= 15 is 0 Å². The molecule has 1 rings (SSSR count). The van der Waals surface area contributed by atoms with Gasteiger partial charge in [0.25, 0.3) is 0 Å². The molecule has 0 saturated heterocycles. The van der Waals surface area contributed by atoms with E-state index in [2.05, 4.69) is 5.32 Å². The fourth-order valence-electron chi connectivity index (χ4n) is 1.53. The molecule has 1 atom stereocenters. The fourth-order valence-corrected chi connectivity index (χ4v) is 1.53. The third-order valence-corrected chi connectivity index (χ3v) is 3.41. The first kappa shape index (κ1) is 14.5. The zero-order chi connectivity index (χ0) is 13.8. The van der Waals surface area contributed by atoms with Crippen LogP contribution in [0.5, 0.6) is 0 Å².